The quantitative estimate of drug-likeness (QED) is 0.801. The summed E-state index contributed by atoms with van der Waals surface area (Å²) in [7, 11) is 0. The number of piperidine rings is 2. The van der Waals surface area contributed by atoms with Crippen molar-refractivity contribution in [1.82, 2.24) is 4.90 Å². The maximum Gasteiger partial charge on any atom is 0.0113 e. The molecule has 3 atom stereocenters. The monoisotopic (exact) mass is 238 g/mol. The zero-order valence-electron chi connectivity index (χ0n) is 12.1. The van der Waals surface area contributed by atoms with E-state index in [1.807, 2.05) is 0 Å². The molecule has 2 heteroatoms. The van der Waals surface area contributed by atoms with Crippen molar-refractivity contribution in [2.45, 2.75) is 77.9 Å². The van der Waals surface area contributed by atoms with Crippen molar-refractivity contribution < 1.29 is 0 Å². The van der Waals surface area contributed by atoms with Crippen LogP contribution in [0.1, 0.15) is 59.8 Å². The molecule has 2 heterocycles. The standard InChI is InChI=1S/C15H30N2/c1-11(15(2,3)4)10-17-13-6-5-7-14(17)9-12(16)8-13/h11-14H,5-10,16H2,1-4H3. The highest BCUT2D eigenvalue weighted by Crippen LogP contribution is 2.36. The van der Waals surface area contributed by atoms with Crippen LogP contribution >= 0.6 is 0 Å². The van der Waals surface area contributed by atoms with Gasteiger partial charge in [-0.25, -0.2) is 0 Å². The van der Waals surface area contributed by atoms with Crippen LogP contribution in [0.3, 0.4) is 0 Å². The summed E-state index contributed by atoms with van der Waals surface area (Å²) in [6, 6.07) is 2.02. The van der Waals surface area contributed by atoms with Gasteiger partial charge in [-0.15, -0.1) is 0 Å². The summed E-state index contributed by atoms with van der Waals surface area (Å²) in [4.78, 5) is 2.79. The van der Waals surface area contributed by atoms with Crippen LogP contribution in [0.2, 0.25) is 0 Å². The van der Waals surface area contributed by atoms with Crippen molar-refractivity contribution in [3.05, 3.63) is 0 Å². The Kier molecular flexibility index (Phi) is 3.84. The van der Waals surface area contributed by atoms with Gasteiger partial charge in [0.25, 0.3) is 0 Å². The van der Waals surface area contributed by atoms with E-state index < -0.39 is 0 Å². The van der Waals surface area contributed by atoms with Crippen LogP contribution in [-0.4, -0.2) is 29.6 Å². The van der Waals surface area contributed by atoms with Crippen molar-refractivity contribution in [1.29, 1.82) is 0 Å². The minimum atomic E-state index is 0.424. The molecule has 2 aliphatic heterocycles. The SMILES string of the molecule is CC(CN1C2CCCC1CC(N)C2)C(C)(C)C. The van der Waals surface area contributed by atoms with Gasteiger partial charge in [-0.1, -0.05) is 34.1 Å². The number of hydrogen-bond donors (Lipinski definition) is 1. The highest BCUT2D eigenvalue weighted by Gasteiger charge is 2.38. The second-order valence-electron chi connectivity index (χ2n) is 7.43. The first-order valence-corrected chi connectivity index (χ1v) is 7.39. The predicted molar refractivity (Wildman–Crippen MR) is 74.0 cm³/mol. The molecule has 0 aromatic carbocycles. The van der Waals surface area contributed by atoms with E-state index in [0.717, 1.165) is 18.0 Å². The van der Waals surface area contributed by atoms with Gasteiger partial charge in [0, 0.05) is 24.7 Å². The summed E-state index contributed by atoms with van der Waals surface area (Å²) in [5.41, 5.74) is 6.60. The molecule has 0 amide bonds. The zero-order chi connectivity index (χ0) is 12.6. The molecule has 2 rings (SSSR count). The zero-order valence-corrected chi connectivity index (χ0v) is 12.1. The van der Waals surface area contributed by atoms with Crippen LogP contribution in [0.4, 0.5) is 0 Å². The number of hydrogen-bond acceptors (Lipinski definition) is 2. The van der Waals surface area contributed by atoms with E-state index in [4.69, 9.17) is 5.73 Å². The maximum absolute atomic E-state index is 6.18. The lowest BCUT2D eigenvalue weighted by Crippen LogP contribution is -2.56. The van der Waals surface area contributed by atoms with Crippen LogP contribution in [0, 0.1) is 11.3 Å². The second kappa shape index (κ2) is 4.89. The molecule has 3 unspecified atom stereocenters. The van der Waals surface area contributed by atoms with Gasteiger partial charge in [0.2, 0.25) is 0 Å². The van der Waals surface area contributed by atoms with Crippen molar-refractivity contribution in [3.63, 3.8) is 0 Å². The Morgan fingerprint density at radius 2 is 1.71 bits per heavy atom. The fraction of sp³-hybridized carbons (Fsp3) is 1.00. The van der Waals surface area contributed by atoms with Gasteiger partial charge in [0.05, 0.1) is 0 Å². The fourth-order valence-electron chi connectivity index (χ4n) is 3.41. The second-order valence-corrected chi connectivity index (χ2v) is 7.43. The lowest BCUT2D eigenvalue weighted by Gasteiger charge is -2.50. The Morgan fingerprint density at radius 3 is 2.18 bits per heavy atom. The lowest BCUT2D eigenvalue weighted by atomic mass is 9.77. The molecule has 2 nitrogen and oxygen atoms in total. The fourth-order valence-corrected chi connectivity index (χ4v) is 3.41. The number of fused-ring (bicyclic) bond motifs is 2. The van der Waals surface area contributed by atoms with Crippen LogP contribution in [0.25, 0.3) is 0 Å². The van der Waals surface area contributed by atoms with E-state index >= 15 is 0 Å². The third kappa shape index (κ3) is 3.03. The minimum absolute atomic E-state index is 0.424. The van der Waals surface area contributed by atoms with E-state index in [0.29, 0.717) is 11.5 Å². The van der Waals surface area contributed by atoms with Gasteiger partial charge < -0.3 is 5.73 Å². The Bertz CT molecular complexity index is 242. The van der Waals surface area contributed by atoms with E-state index in [-0.39, 0.29) is 0 Å². The van der Waals surface area contributed by atoms with Gasteiger partial charge in [-0.3, -0.25) is 4.90 Å². The number of rotatable bonds is 2. The largest absolute Gasteiger partial charge is 0.328 e. The molecule has 2 aliphatic rings. The highest BCUT2D eigenvalue weighted by atomic mass is 15.2. The van der Waals surface area contributed by atoms with Crippen molar-refractivity contribution in [2.75, 3.05) is 6.54 Å². The summed E-state index contributed by atoms with van der Waals surface area (Å²) < 4.78 is 0. The van der Waals surface area contributed by atoms with Gasteiger partial charge in [-0.05, 0) is 37.0 Å². The normalized spacial score (nSPS) is 36.9. The van der Waals surface area contributed by atoms with Gasteiger partial charge in [0.15, 0.2) is 0 Å². The molecular weight excluding hydrogens is 208 g/mol. The smallest absolute Gasteiger partial charge is 0.0113 e. The molecule has 2 fully saturated rings. The van der Waals surface area contributed by atoms with Gasteiger partial charge in [-0.2, -0.15) is 0 Å². The Morgan fingerprint density at radius 1 is 1.18 bits per heavy atom. The van der Waals surface area contributed by atoms with Crippen LogP contribution in [0.5, 0.6) is 0 Å². The Labute approximate surface area is 107 Å². The molecular formula is C15H30N2. The molecule has 0 aromatic rings. The van der Waals surface area contributed by atoms with Crippen LogP contribution in [-0.2, 0) is 0 Å². The summed E-state index contributed by atoms with van der Waals surface area (Å²) in [5.74, 6) is 0.764. The topological polar surface area (TPSA) is 29.3 Å². The number of nitrogens with zero attached hydrogens (tertiary/aromatic N) is 1. The van der Waals surface area contributed by atoms with Crippen LogP contribution in [0.15, 0.2) is 0 Å². The first-order chi connectivity index (χ1) is 7.88. The molecule has 2 bridgehead atoms. The predicted octanol–water partition coefficient (Wildman–Crippen LogP) is 3.01. The van der Waals surface area contributed by atoms with E-state index in [2.05, 4.69) is 32.6 Å². The van der Waals surface area contributed by atoms with Crippen molar-refractivity contribution >= 4 is 0 Å². The minimum Gasteiger partial charge on any atom is -0.328 e. The molecule has 2 saturated heterocycles. The molecule has 0 aromatic heterocycles. The van der Waals surface area contributed by atoms with Gasteiger partial charge >= 0.3 is 0 Å². The highest BCUT2D eigenvalue weighted by molar-refractivity contribution is 4.95. The summed E-state index contributed by atoms with van der Waals surface area (Å²) in [6.45, 7) is 10.8. The van der Waals surface area contributed by atoms with Crippen molar-refractivity contribution in [2.24, 2.45) is 17.1 Å². The van der Waals surface area contributed by atoms with E-state index in [1.165, 1.54) is 38.6 Å². The molecule has 0 saturated carbocycles. The summed E-state index contributed by atoms with van der Waals surface area (Å²) in [5, 5.41) is 0. The van der Waals surface area contributed by atoms with E-state index in [1.54, 1.807) is 0 Å². The summed E-state index contributed by atoms with van der Waals surface area (Å²) in [6.07, 6.45) is 6.63. The van der Waals surface area contributed by atoms with Crippen molar-refractivity contribution in [3.8, 4) is 0 Å². The average molecular weight is 238 g/mol. The first-order valence-electron chi connectivity index (χ1n) is 7.39. The molecule has 0 radical (unpaired) electrons. The molecule has 0 spiro atoms. The third-order valence-corrected chi connectivity index (χ3v) is 5.13. The molecule has 100 valence electrons. The molecule has 0 aliphatic carbocycles. The third-order valence-electron chi connectivity index (χ3n) is 5.13. The summed E-state index contributed by atoms with van der Waals surface area (Å²) >= 11 is 0. The average Bonchev–Trinajstić information content (AvgIpc) is 2.17. The Balaban J connectivity index is 2.00. The number of nitrogens with two attached hydrogens (primary N) is 1. The first kappa shape index (κ1) is 13.4. The van der Waals surface area contributed by atoms with E-state index in [9.17, 15) is 0 Å². The molecule has 17 heavy (non-hydrogen) atoms. The lowest BCUT2D eigenvalue weighted by molar-refractivity contribution is 0.00605. The maximum atomic E-state index is 6.18. The molecule has 2 N–H and O–H groups in total. The van der Waals surface area contributed by atoms with Crippen LogP contribution < -0.4 is 5.73 Å². The van der Waals surface area contributed by atoms with Gasteiger partial charge in [0.1, 0.15) is 0 Å². The Hall–Kier alpha value is -0.0800.